The van der Waals surface area contributed by atoms with Crippen LogP contribution in [0.25, 0.3) is 0 Å². The van der Waals surface area contributed by atoms with Gasteiger partial charge in [-0.3, -0.25) is 0 Å². The number of methoxy groups -OCH3 is 1. The van der Waals surface area contributed by atoms with Crippen molar-refractivity contribution >= 4 is 16.5 Å². The fraction of sp³-hybridized carbons (Fsp3) is 0.444. The predicted octanol–water partition coefficient (Wildman–Crippen LogP) is 1.20. The van der Waals surface area contributed by atoms with Crippen molar-refractivity contribution in [2.45, 2.75) is 13.5 Å². The van der Waals surface area contributed by atoms with E-state index in [0.29, 0.717) is 6.54 Å². The van der Waals surface area contributed by atoms with Gasteiger partial charge in [0.2, 0.25) is 5.88 Å². The van der Waals surface area contributed by atoms with Crippen molar-refractivity contribution < 1.29 is 4.74 Å². The molecule has 2 heterocycles. The van der Waals surface area contributed by atoms with Gasteiger partial charge < -0.3 is 10.1 Å². The molecule has 1 N–H and O–H groups in total. The first-order chi connectivity index (χ1) is 7.72. The fourth-order valence-corrected chi connectivity index (χ4v) is 1.97. The number of ether oxygens (including phenoxy) is 1. The molecular weight excluding hydrogens is 226 g/mol. The maximum absolute atomic E-state index is 5.30. The van der Waals surface area contributed by atoms with Crippen LogP contribution < -0.4 is 10.1 Å². The minimum atomic E-state index is 0.659. The third-order valence-corrected chi connectivity index (χ3v) is 2.91. The zero-order chi connectivity index (χ0) is 11.5. The Balaban J connectivity index is 2.14. The number of hydrogen-bond donors (Lipinski definition) is 1. The number of aromatic nitrogens is 4. The molecule has 0 atom stereocenters. The van der Waals surface area contributed by atoms with Crippen molar-refractivity contribution in [2.24, 2.45) is 7.05 Å². The molecule has 0 aliphatic carbocycles. The molecule has 2 rings (SSSR count). The largest absolute Gasteiger partial charge is 0.481 e. The molecule has 0 aliphatic heterocycles. The van der Waals surface area contributed by atoms with E-state index in [1.165, 1.54) is 11.5 Å². The van der Waals surface area contributed by atoms with Gasteiger partial charge in [0.05, 0.1) is 24.6 Å². The lowest BCUT2D eigenvalue weighted by Crippen LogP contribution is -2.01. The van der Waals surface area contributed by atoms with Crippen LogP contribution in [0.4, 0.5) is 5.00 Å². The Morgan fingerprint density at radius 1 is 1.56 bits per heavy atom. The molecular formula is C9H13N5OS. The van der Waals surface area contributed by atoms with Crippen molar-refractivity contribution in [1.82, 2.24) is 19.4 Å². The normalized spacial score (nSPS) is 10.4. The van der Waals surface area contributed by atoms with Gasteiger partial charge in [-0.15, -0.1) is 5.10 Å². The van der Waals surface area contributed by atoms with Crippen molar-refractivity contribution in [3.63, 3.8) is 0 Å². The lowest BCUT2D eigenvalue weighted by atomic mass is 10.2. The van der Waals surface area contributed by atoms with Crippen molar-refractivity contribution in [3.05, 3.63) is 17.5 Å². The summed E-state index contributed by atoms with van der Waals surface area (Å²) in [6.45, 7) is 2.62. The van der Waals surface area contributed by atoms with Gasteiger partial charge >= 0.3 is 0 Å². The summed E-state index contributed by atoms with van der Waals surface area (Å²) in [5, 5.41) is 12.2. The van der Waals surface area contributed by atoms with Crippen molar-refractivity contribution in [3.8, 4) is 5.88 Å². The highest BCUT2D eigenvalue weighted by Crippen LogP contribution is 2.22. The average molecular weight is 239 g/mol. The van der Waals surface area contributed by atoms with Crippen molar-refractivity contribution in [1.29, 1.82) is 0 Å². The van der Waals surface area contributed by atoms with Gasteiger partial charge in [0.1, 0.15) is 5.00 Å². The molecule has 7 heteroatoms. The summed E-state index contributed by atoms with van der Waals surface area (Å²) in [5.74, 6) is 0.780. The number of nitrogens with zero attached hydrogens (tertiary/aromatic N) is 4. The molecule has 0 aromatic carbocycles. The monoisotopic (exact) mass is 239 g/mol. The number of anilines is 1. The molecule has 0 radical (unpaired) electrons. The molecule has 0 bridgehead atoms. The molecule has 2 aromatic heterocycles. The second kappa shape index (κ2) is 4.48. The van der Waals surface area contributed by atoms with Crippen LogP contribution in [0.2, 0.25) is 0 Å². The Morgan fingerprint density at radius 2 is 2.38 bits per heavy atom. The second-order valence-corrected chi connectivity index (χ2v) is 4.12. The fourth-order valence-electron chi connectivity index (χ4n) is 1.56. The number of rotatable bonds is 4. The Hall–Kier alpha value is -1.63. The first-order valence-corrected chi connectivity index (χ1v) is 5.57. The zero-order valence-electron chi connectivity index (χ0n) is 9.39. The van der Waals surface area contributed by atoms with E-state index < -0.39 is 0 Å². The summed E-state index contributed by atoms with van der Waals surface area (Å²) in [6.07, 6.45) is 1.70. The number of hydrogen-bond acceptors (Lipinski definition) is 6. The third-order valence-electron chi connectivity index (χ3n) is 2.28. The van der Waals surface area contributed by atoms with Gasteiger partial charge in [-0.1, -0.05) is 4.49 Å². The Kier molecular flexibility index (Phi) is 3.04. The molecule has 0 saturated carbocycles. The van der Waals surface area contributed by atoms with Crippen LogP contribution in [0.1, 0.15) is 11.3 Å². The van der Waals surface area contributed by atoms with Crippen molar-refractivity contribution in [2.75, 3.05) is 12.4 Å². The summed E-state index contributed by atoms with van der Waals surface area (Å²) in [7, 11) is 3.51. The first-order valence-electron chi connectivity index (χ1n) is 4.80. The molecule has 0 amide bonds. The lowest BCUT2D eigenvalue weighted by Gasteiger charge is -2.05. The molecule has 0 spiro atoms. The van der Waals surface area contributed by atoms with E-state index >= 15 is 0 Å². The smallest absolute Gasteiger partial charge is 0.216 e. The van der Waals surface area contributed by atoms with Crippen LogP contribution in [0.3, 0.4) is 0 Å². The molecule has 0 aliphatic rings. The Labute approximate surface area is 97.4 Å². The van der Waals surface area contributed by atoms with E-state index in [4.69, 9.17) is 4.74 Å². The zero-order valence-corrected chi connectivity index (χ0v) is 10.2. The quantitative estimate of drug-likeness (QED) is 0.868. The van der Waals surface area contributed by atoms with E-state index in [-0.39, 0.29) is 0 Å². The van der Waals surface area contributed by atoms with Crippen LogP contribution in [0, 0.1) is 6.92 Å². The molecule has 0 fully saturated rings. The molecule has 86 valence electrons. The van der Waals surface area contributed by atoms with E-state index in [0.717, 1.165) is 22.1 Å². The molecule has 0 unspecified atom stereocenters. The summed E-state index contributed by atoms with van der Waals surface area (Å²) in [6, 6.07) is 0. The summed E-state index contributed by atoms with van der Waals surface area (Å²) >= 11 is 1.33. The van der Waals surface area contributed by atoms with Crippen LogP contribution in [-0.4, -0.2) is 26.5 Å². The van der Waals surface area contributed by atoms with E-state index in [1.807, 2.05) is 14.0 Å². The minimum Gasteiger partial charge on any atom is -0.481 e. The first kappa shape index (κ1) is 10.9. The van der Waals surface area contributed by atoms with Gasteiger partial charge in [0.25, 0.3) is 0 Å². The van der Waals surface area contributed by atoms with Crippen LogP contribution in [-0.2, 0) is 13.6 Å². The van der Waals surface area contributed by atoms with Gasteiger partial charge in [-0.2, -0.15) is 5.10 Å². The number of nitrogens with one attached hydrogen (secondary N) is 1. The van der Waals surface area contributed by atoms with Gasteiger partial charge in [0, 0.05) is 25.1 Å². The highest BCUT2D eigenvalue weighted by molar-refractivity contribution is 7.09. The second-order valence-electron chi connectivity index (χ2n) is 3.33. The van der Waals surface area contributed by atoms with Crippen LogP contribution in [0.5, 0.6) is 5.88 Å². The van der Waals surface area contributed by atoms with E-state index in [2.05, 4.69) is 20.0 Å². The van der Waals surface area contributed by atoms with Crippen LogP contribution >= 0.6 is 11.5 Å². The molecule has 6 nitrogen and oxygen atoms in total. The standard InChI is InChI=1S/C9H13N5OS/c1-6-7(9(15-3)14(2)12-6)4-10-8-5-11-13-16-8/h5,10H,4H2,1-3H3. The average Bonchev–Trinajstić information content (AvgIpc) is 2.83. The summed E-state index contributed by atoms with van der Waals surface area (Å²) in [5.41, 5.74) is 2.02. The Morgan fingerprint density at radius 3 is 3.00 bits per heavy atom. The highest BCUT2D eigenvalue weighted by atomic mass is 32.1. The van der Waals surface area contributed by atoms with Gasteiger partial charge in [0.15, 0.2) is 0 Å². The predicted molar refractivity (Wildman–Crippen MR) is 61.7 cm³/mol. The van der Waals surface area contributed by atoms with Gasteiger partial charge in [-0.25, -0.2) is 4.68 Å². The van der Waals surface area contributed by atoms with Crippen LogP contribution in [0.15, 0.2) is 6.20 Å². The lowest BCUT2D eigenvalue weighted by molar-refractivity contribution is 0.370. The Bertz CT molecular complexity index is 464. The maximum atomic E-state index is 5.30. The minimum absolute atomic E-state index is 0.659. The highest BCUT2D eigenvalue weighted by Gasteiger charge is 2.13. The molecule has 16 heavy (non-hydrogen) atoms. The molecule has 2 aromatic rings. The van der Waals surface area contributed by atoms with E-state index in [9.17, 15) is 0 Å². The number of aryl methyl sites for hydroxylation is 2. The maximum Gasteiger partial charge on any atom is 0.216 e. The third kappa shape index (κ3) is 1.99. The molecule has 0 saturated heterocycles. The van der Waals surface area contributed by atoms with E-state index in [1.54, 1.807) is 18.0 Å². The summed E-state index contributed by atoms with van der Waals surface area (Å²) < 4.78 is 10.8. The SMILES string of the molecule is COc1c(CNc2cnns2)c(C)nn1C. The topological polar surface area (TPSA) is 64.9 Å². The summed E-state index contributed by atoms with van der Waals surface area (Å²) in [4.78, 5) is 0. The van der Waals surface area contributed by atoms with Gasteiger partial charge in [-0.05, 0) is 6.92 Å².